The number of hydrogen-bond acceptors (Lipinski definition) is 2. The molecule has 0 radical (unpaired) electrons. The predicted molar refractivity (Wildman–Crippen MR) is 69.8 cm³/mol. The number of aryl methyl sites for hydroxylation is 1. The molecular weight excluding hydrogens is 196 g/mol. The third-order valence-electron chi connectivity index (χ3n) is 3.69. The highest BCUT2D eigenvalue weighted by Crippen LogP contribution is 2.30. The average molecular weight is 218 g/mol. The molecule has 0 amide bonds. The highest BCUT2D eigenvalue weighted by atomic mass is 15.2. The Labute approximate surface area is 98.4 Å². The Kier molecular flexibility index (Phi) is 2.94. The zero-order valence-corrected chi connectivity index (χ0v) is 10.5. The van der Waals surface area contributed by atoms with Gasteiger partial charge in [-0.25, -0.2) is 0 Å². The van der Waals surface area contributed by atoms with Gasteiger partial charge in [0, 0.05) is 23.8 Å². The molecule has 2 heteroatoms. The molecule has 0 spiro atoms. The van der Waals surface area contributed by atoms with Crippen molar-refractivity contribution in [1.82, 2.24) is 0 Å². The smallest absolute Gasteiger partial charge is 0.0436 e. The largest absolute Gasteiger partial charge is 0.367 e. The standard InChI is InChI=1S/C14H22N2/c1-11(14(2,3)15)16-10-6-8-12-7-4-5-9-13(12)16/h4-5,7,9,11H,6,8,10,15H2,1-3H3. The molecule has 0 aromatic heterocycles. The van der Waals surface area contributed by atoms with Crippen molar-refractivity contribution in [3.05, 3.63) is 29.8 Å². The van der Waals surface area contributed by atoms with Crippen LogP contribution < -0.4 is 10.6 Å². The molecule has 1 aromatic rings. The van der Waals surface area contributed by atoms with Crippen LogP contribution in [0.25, 0.3) is 0 Å². The van der Waals surface area contributed by atoms with Gasteiger partial charge in [-0.2, -0.15) is 0 Å². The fourth-order valence-electron chi connectivity index (χ4n) is 2.37. The first kappa shape index (κ1) is 11.5. The second-order valence-corrected chi connectivity index (χ2v) is 5.42. The Morgan fingerprint density at radius 1 is 1.31 bits per heavy atom. The van der Waals surface area contributed by atoms with Crippen molar-refractivity contribution in [2.75, 3.05) is 11.4 Å². The molecule has 2 rings (SSSR count). The third-order valence-corrected chi connectivity index (χ3v) is 3.69. The van der Waals surface area contributed by atoms with Crippen molar-refractivity contribution in [3.63, 3.8) is 0 Å². The molecule has 0 fully saturated rings. The monoisotopic (exact) mass is 218 g/mol. The molecular formula is C14H22N2. The zero-order chi connectivity index (χ0) is 11.8. The van der Waals surface area contributed by atoms with Gasteiger partial charge in [-0.3, -0.25) is 0 Å². The molecule has 1 aliphatic heterocycles. The van der Waals surface area contributed by atoms with Crippen molar-refractivity contribution >= 4 is 5.69 Å². The highest BCUT2D eigenvalue weighted by Gasteiger charge is 2.29. The second kappa shape index (κ2) is 4.10. The van der Waals surface area contributed by atoms with E-state index in [9.17, 15) is 0 Å². The number of fused-ring (bicyclic) bond motifs is 1. The lowest BCUT2D eigenvalue weighted by atomic mass is 9.92. The van der Waals surface area contributed by atoms with E-state index in [1.54, 1.807) is 0 Å². The molecule has 0 aliphatic carbocycles. The molecule has 0 saturated heterocycles. The van der Waals surface area contributed by atoms with Gasteiger partial charge >= 0.3 is 0 Å². The quantitative estimate of drug-likeness (QED) is 0.826. The molecule has 1 aliphatic rings. The molecule has 0 bridgehead atoms. The number of para-hydroxylation sites is 1. The minimum atomic E-state index is -0.162. The minimum Gasteiger partial charge on any atom is -0.367 e. The van der Waals surface area contributed by atoms with Gasteiger partial charge in [0.25, 0.3) is 0 Å². The Bertz CT molecular complexity index is 365. The van der Waals surface area contributed by atoms with Crippen LogP contribution in [0.3, 0.4) is 0 Å². The van der Waals surface area contributed by atoms with Crippen LogP contribution in [0, 0.1) is 0 Å². The van der Waals surface area contributed by atoms with E-state index in [2.05, 4.69) is 49.9 Å². The second-order valence-electron chi connectivity index (χ2n) is 5.42. The maximum absolute atomic E-state index is 6.23. The van der Waals surface area contributed by atoms with Crippen molar-refractivity contribution in [2.24, 2.45) is 5.73 Å². The van der Waals surface area contributed by atoms with Gasteiger partial charge in [0.1, 0.15) is 0 Å². The minimum absolute atomic E-state index is 0.162. The summed E-state index contributed by atoms with van der Waals surface area (Å²) in [7, 11) is 0. The van der Waals surface area contributed by atoms with Crippen molar-refractivity contribution in [3.8, 4) is 0 Å². The molecule has 1 atom stereocenters. The van der Waals surface area contributed by atoms with Crippen LogP contribution in [-0.4, -0.2) is 18.1 Å². The first-order valence-electron chi connectivity index (χ1n) is 6.13. The van der Waals surface area contributed by atoms with E-state index in [0.717, 1.165) is 6.54 Å². The van der Waals surface area contributed by atoms with E-state index < -0.39 is 0 Å². The highest BCUT2D eigenvalue weighted by molar-refractivity contribution is 5.56. The number of anilines is 1. The van der Waals surface area contributed by atoms with Gasteiger partial charge in [-0.05, 0) is 45.2 Å². The normalized spacial score (nSPS) is 18.1. The molecule has 88 valence electrons. The van der Waals surface area contributed by atoms with Gasteiger partial charge in [-0.15, -0.1) is 0 Å². The number of benzene rings is 1. The zero-order valence-electron chi connectivity index (χ0n) is 10.5. The van der Waals surface area contributed by atoms with Gasteiger partial charge in [0.15, 0.2) is 0 Å². The number of rotatable bonds is 2. The average Bonchev–Trinajstić information content (AvgIpc) is 2.26. The number of nitrogens with zero attached hydrogens (tertiary/aromatic N) is 1. The molecule has 16 heavy (non-hydrogen) atoms. The van der Waals surface area contributed by atoms with E-state index in [0.29, 0.717) is 6.04 Å². The fourth-order valence-corrected chi connectivity index (χ4v) is 2.37. The lowest BCUT2D eigenvalue weighted by Crippen LogP contribution is -2.54. The van der Waals surface area contributed by atoms with Crippen molar-refractivity contribution in [2.45, 2.75) is 45.2 Å². The van der Waals surface area contributed by atoms with Crippen molar-refractivity contribution < 1.29 is 0 Å². The molecule has 1 unspecified atom stereocenters. The summed E-state index contributed by atoms with van der Waals surface area (Å²) in [6.45, 7) is 7.56. The van der Waals surface area contributed by atoms with Gasteiger partial charge in [0.05, 0.1) is 0 Å². The van der Waals surface area contributed by atoms with Gasteiger partial charge < -0.3 is 10.6 Å². The van der Waals surface area contributed by atoms with Crippen LogP contribution in [0.15, 0.2) is 24.3 Å². The fraction of sp³-hybridized carbons (Fsp3) is 0.571. The van der Waals surface area contributed by atoms with Crippen LogP contribution >= 0.6 is 0 Å². The van der Waals surface area contributed by atoms with E-state index in [1.807, 2.05) is 0 Å². The summed E-state index contributed by atoms with van der Waals surface area (Å²) in [5.74, 6) is 0. The summed E-state index contributed by atoms with van der Waals surface area (Å²) in [6.07, 6.45) is 2.43. The Balaban J connectivity index is 2.32. The molecule has 2 nitrogen and oxygen atoms in total. The van der Waals surface area contributed by atoms with Crippen LogP contribution in [0.2, 0.25) is 0 Å². The molecule has 1 aromatic carbocycles. The van der Waals surface area contributed by atoms with Gasteiger partial charge in [-0.1, -0.05) is 18.2 Å². The van der Waals surface area contributed by atoms with Crippen LogP contribution in [-0.2, 0) is 6.42 Å². The van der Waals surface area contributed by atoms with E-state index in [1.165, 1.54) is 24.1 Å². The summed E-state index contributed by atoms with van der Waals surface area (Å²) >= 11 is 0. The summed E-state index contributed by atoms with van der Waals surface area (Å²) in [5, 5.41) is 0. The SMILES string of the molecule is CC(N1CCCc2ccccc21)C(C)(C)N. The van der Waals surface area contributed by atoms with E-state index in [4.69, 9.17) is 5.73 Å². The van der Waals surface area contributed by atoms with Crippen LogP contribution in [0.5, 0.6) is 0 Å². The Morgan fingerprint density at radius 2 is 2.00 bits per heavy atom. The molecule has 1 heterocycles. The molecule has 2 N–H and O–H groups in total. The first-order chi connectivity index (χ1) is 7.50. The van der Waals surface area contributed by atoms with Gasteiger partial charge in [0.2, 0.25) is 0 Å². The first-order valence-corrected chi connectivity index (χ1v) is 6.13. The lowest BCUT2D eigenvalue weighted by molar-refractivity contribution is 0.399. The Morgan fingerprint density at radius 3 is 2.69 bits per heavy atom. The summed E-state index contributed by atoms with van der Waals surface area (Å²) < 4.78 is 0. The van der Waals surface area contributed by atoms with Crippen LogP contribution in [0.1, 0.15) is 32.8 Å². The summed E-state index contributed by atoms with van der Waals surface area (Å²) in [4.78, 5) is 2.46. The third kappa shape index (κ3) is 2.07. The van der Waals surface area contributed by atoms with E-state index >= 15 is 0 Å². The topological polar surface area (TPSA) is 29.3 Å². The maximum atomic E-state index is 6.23. The van der Waals surface area contributed by atoms with Crippen molar-refractivity contribution in [1.29, 1.82) is 0 Å². The maximum Gasteiger partial charge on any atom is 0.0436 e. The molecule has 0 saturated carbocycles. The summed E-state index contributed by atoms with van der Waals surface area (Å²) in [6, 6.07) is 9.07. The number of hydrogen-bond donors (Lipinski definition) is 1. The Hall–Kier alpha value is -1.02. The van der Waals surface area contributed by atoms with E-state index in [-0.39, 0.29) is 5.54 Å². The predicted octanol–water partition coefficient (Wildman–Crippen LogP) is 2.57. The summed E-state index contributed by atoms with van der Waals surface area (Å²) in [5.41, 5.74) is 8.90. The lowest BCUT2D eigenvalue weighted by Gasteiger charge is -2.42. The van der Waals surface area contributed by atoms with Crippen LogP contribution in [0.4, 0.5) is 5.69 Å². The number of nitrogens with two attached hydrogens (primary N) is 1.